The molecule has 1 atom stereocenters. The SMILES string of the molecule is CSc1ccc(C)c(C(=O)N2CCCCC2CNC(=O)CCN)c1.Cl. The molecule has 1 aromatic carbocycles. The molecule has 1 fully saturated rings. The average molecular weight is 386 g/mol. The Morgan fingerprint density at radius 1 is 1.36 bits per heavy atom. The monoisotopic (exact) mass is 385 g/mol. The van der Waals surface area contributed by atoms with Gasteiger partial charge in [-0.25, -0.2) is 0 Å². The highest BCUT2D eigenvalue weighted by molar-refractivity contribution is 7.98. The van der Waals surface area contributed by atoms with Crippen LogP contribution in [-0.2, 0) is 4.79 Å². The predicted molar refractivity (Wildman–Crippen MR) is 106 cm³/mol. The minimum Gasteiger partial charge on any atom is -0.354 e. The fourth-order valence-corrected chi connectivity index (χ4v) is 3.48. The number of thioether (sulfide) groups is 1. The Balaban J connectivity index is 0.00000312. The normalized spacial score (nSPS) is 16.9. The number of piperidine rings is 1. The van der Waals surface area contributed by atoms with Crippen molar-refractivity contribution < 1.29 is 9.59 Å². The third kappa shape index (κ3) is 5.90. The second-order valence-electron chi connectivity index (χ2n) is 6.17. The molecule has 0 aromatic heterocycles. The molecule has 2 amide bonds. The number of rotatable bonds is 6. The van der Waals surface area contributed by atoms with Crippen LogP contribution in [0.1, 0.15) is 41.6 Å². The van der Waals surface area contributed by atoms with Crippen molar-refractivity contribution in [2.45, 2.75) is 43.5 Å². The topological polar surface area (TPSA) is 75.4 Å². The molecule has 0 saturated carbocycles. The van der Waals surface area contributed by atoms with Crippen LogP contribution in [0.15, 0.2) is 23.1 Å². The van der Waals surface area contributed by atoms with Gasteiger partial charge in [-0.05, 0) is 50.1 Å². The lowest BCUT2D eigenvalue weighted by molar-refractivity contribution is -0.121. The Kier molecular flexibility index (Phi) is 9.32. The van der Waals surface area contributed by atoms with Crippen molar-refractivity contribution in [2.75, 3.05) is 25.9 Å². The van der Waals surface area contributed by atoms with Gasteiger partial charge in [0.2, 0.25) is 5.91 Å². The van der Waals surface area contributed by atoms with Crippen molar-refractivity contribution in [3.05, 3.63) is 29.3 Å². The molecule has 7 heteroatoms. The maximum absolute atomic E-state index is 13.1. The first-order valence-corrected chi connectivity index (χ1v) is 9.71. The number of nitrogens with zero attached hydrogens (tertiary/aromatic N) is 1. The van der Waals surface area contributed by atoms with Crippen LogP contribution >= 0.6 is 24.2 Å². The number of halogens is 1. The van der Waals surface area contributed by atoms with E-state index in [2.05, 4.69) is 5.32 Å². The van der Waals surface area contributed by atoms with Gasteiger partial charge >= 0.3 is 0 Å². The van der Waals surface area contributed by atoms with E-state index in [1.807, 2.05) is 36.3 Å². The van der Waals surface area contributed by atoms with E-state index in [0.717, 1.165) is 41.8 Å². The van der Waals surface area contributed by atoms with Crippen molar-refractivity contribution in [3.63, 3.8) is 0 Å². The summed E-state index contributed by atoms with van der Waals surface area (Å²) in [5.41, 5.74) is 7.17. The minimum absolute atomic E-state index is 0. The summed E-state index contributed by atoms with van der Waals surface area (Å²) in [6.45, 7) is 3.57. The number of amides is 2. The highest BCUT2D eigenvalue weighted by atomic mass is 35.5. The Labute approximate surface area is 160 Å². The van der Waals surface area contributed by atoms with E-state index in [1.165, 1.54) is 0 Å². The number of nitrogens with one attached hydrogen (secondary N) is 1. The highest BCUT2D eigenvalue weighted by Crippen LogP contribution is 2.24. The second kappa shape index (κ2) is 10.7. The Morgan fingerprint density at radius 3 is 2.80 bits per heavy atom. The van der Waals surface area contributed by atoms with E-state index < -0.39 is 0 Å². The largest absolute Gasteiger partial charge is 0.354 e. The number of carbonyl (C=O) groups excluding carboxylic acids is 2. The first-order chi connectivity index (χ1) is 11.6. The first kappa shape index (κ1) is 21.8. The van der Waals surface area contributed by atoms with Crippen LogP contribution in [0.2, 0.25) is 0 Å². The maximum atomic E-state index is 13.1. The van der Waals surface area contributed by atoms with Crippen molar-refractivity contribution >= 4 is 36.0 Å². The van der Waals surface area contributed by atoms with Gasteiger partial charge < -0.3 is 16.0 Å². The van der Waals surface area contributed by atoms with Crippen molar-refractivity contribution in [1.29, 1.82) is 0 Å². The van der Waals surface area contributed by atoms with Crippen LogP contribution in [0, 0.1) is 6.92 Å². The maximum Gasteiger partial charge on any atom is 0.254 e. The van der Waals surface area contributed by atoms with Gasteiger partial charge in [0.15, 0.2) is 0 Å². The van der Waals surface area contributed by atoms with Crippen LogP contribution in [0.4, 0.5) is 0 Å². The van der Waals surface area contributed by atoms with Crippen molar-refractivity contribution in [2.24, 2.45) is 5.73 Å². The molecule has 5 nitrogen and oxygen atoms in total. The van der Waals surface area contributed by atoms with Gasteiger partial charge in [-0.1, -0.05) is 6.07 Å². The Hall–Kier alpha value is -1.24. The van der Waals surface area contributed by atoms with E-state index in [0.29, 0.717) is 19.5 Å². The molecule has 2 rings (SSSR count). The fourth-order valence-electron chi connectivity index (χ4n) is 3.04. The minimum atomic E-state index is -0.0453. The number of hydrogen-bond acceptors (Lipinski definition) is 4. The summed E-state index contributed by atoms with van der Waals surface area (Å²) in [4.78, 5) is 27.7. The van der Waals surface area contributed by atoms with E-state index >= 15 is 0 Å². The van der Waals surface area contributed by atoms with E-state index in [4.69, 9.17) is 5.73 Å². The molecule has 1 aliphatic heterocycles. The molecule has 0 spiro atoms. The summed E-state index contributed by atoms with van der Waals surface area (Å²) >= 11 is 1.64. The van der Waals surface area contributed by atoms with Crippen LogP contribution in [0.25, 0.3) is 0 Å². The highest BCUT2D eigenvalue weighted by Gasteiger charge is 2.28. The number of benzene rings is 1. The van der Waals surface area contributed by atoms with Crippen LogP contribution < -0.4 is 11.1 Å². The van der Waals surface area contributed by atoms with Crippen molar-refractivity contribution in [3.8, 4) is 0 Å². The molecular weight excluding hydrogens is 358 g/mol. The lowest BCUT2D eigenvalue weighted by Gasteiger charge is -2.36. The summed E-state index contributed by atoms with van der Waals surface area (Å²) in [6, 6.07) is 6.07. The number of hydrogen-bond donors (Lipinski definition) is 2. The summed E-state index contributed by atoms with van der Waals surface area (Å²) in [5.74, 6) is 0.0252. The Bertz CT molecular complexity index is 598. The van der Waals surface area contributed by atoms with E-state index in [9.17, 15) is 9.59 Å². The van der Waals surface area contributed by atoms with Gasteiger partial charge in [-0.15, -0.1) is 24.2 Å². The van der Waals surface area contributed by atoms with Crippen LogP contribution in [0.3, 0.4) is 0 Å². The molecule has 1 unspecified atom stereocenters. The van der Waals surface area contributed by atoms with Crippen molar-refractivity contribution in [1.82, 2.24) is 10.2 Å². The fraction of sp³-hybridized carbons (Fsp3) is 0.556. The van der Waals surface area contributed by atoms with Gasteiger partial charge in [0.25, 0.3) is 5.91 Å². The lowest BCUT2D eigenvalue weighted by atomic mass is 9.99. The molecule has 140 valence electrons. The first-order valence-electron chi connectivity index (χ1n) is 8.49. The third-order valence-electron chi connectivity index (χ3n) is 4.47. The third-order valence-corrected chi connectivity index (χ3v) is 5.19. The van der Waals surface area contributed by atoms with Crippen LogP contribution in [-0.4, -0.2) is 48.6 Å². The average Bonchev–Trinajstić information content (AvgIpc) is 2.60. The number of carbonyl (C=O) groups is 2. The Morgan fingerprint density at radius 2 is 2.12 bits per heavy atom. The zero-order valence-corrected chi connectivity index (χ0v) is 16.5. The molecule has 3 N–H and O–H groups in total. The predicted octanol–water partition coefficient (Wildman–Crippen LogP) is 2.60. The quantitative estimate of drug-likeness (QED) is 0.738. The molecule has 0 bridgehead atoms. The van der Waals surface area contributed by atoms with Gasteiger partial charge in [-0.2, -0.15) is 0 Å². The van der Waals surface area contributed by atoms with Crippen LogP contribution in [0.5, 0.6) is 0 Å². The zero-order valence-electron chi connectivity index (χ0n) is 14.9. The van der Waals surface area contributed by atoms with E-state index in [1.54, 1.807) is 11.8 Å². The number of aryl methyl sites for hydroxylation is 1. The summed E-state index contributed by atoms with van der Waals surface area (Å²) in [6.07, 6.45) is 5.37. The molecule has 1 saturated heterocycles. The van der Waals surface area contributed by atoms with E-state index in [-0.39, 0.29) is 30.3 Å². The molecule has 1 aliphatic rings. The zero-order chi connectivity index (χ0) is 17.5. The molecule has 0 radical (unpaired) electrons. The number of nitrogens with two attached hydrogens (primary N) is 1. The second-order valence-corrected chi connectivity index (χ2v) is 7.05. The van der Waals surface area contributed by atoms with Gasteiger partial charge in [-0.3, -0.25) is 9.59 Å². The lowest BCUT2D eigenvalue weighted by Crippen LogP contribution is -2.49. The summed E-state index contributed by atoms with van der Waals surface area (Å²) in [7, 11) is 0. The van der Waals surface area contributed by atoms with Gasteiger partial charge in [0.05, 0.1) is 0 Å². The standard InChI is InChI=1S/C18H27N3O2S.ClH/c1-13-6-7-15(24-2)11-16(13)18(23)21-10-4-3-5-14(21)12-20-17(22)8-9-19;/h6-7,11,14H,3-5,8-10,12,19H2,1-2H3,(H,20,22);1H. The molecule has 25 heavy (non-hydrogen) atoms. The molecule has 0 aliphatic carbocycles. The molecule has 1 aromatic rings. The smallest absolute Gasteiger partial charge is 0.254 e. The summed E-state index contributed by atoms with van der Waals surface area (Å²) in [5, 5.41) is 2.91. The van der Waals surface area contributed by atoms with Gasteiger partial charge in [0.1, 0.15) is 0 Å². The molecular formula is C18H28ClN3O2S. The van der Waals surface area contributed by atoms with Gasteiger partial charge in [0, 0.05) is 42.6 Å². The number of likely N-dealkylation sites (tertiary alicyclic amines) is 1. The molecule has 1 heterocycles. The summed E-state index contributed by atoms with van der Waals surface area (Å²) < 4.78 is 0.